The molecule has 1 aromatic heterocycles. The number of carbonyl (C=O) groups excluding carboxylic acids is 1. The van der Waals surface area contributed by atoms with E-state index in [1.165, 1.54) is 5.56 Å². The van der Waals surface area contributed by atoms with Crippen LogP contribution < -0.4 is 4.74 Å². The van der Waals surface area contributed by atoms with Gasteiger partial charge in [-0.15, -0.1) is 0 Å². The Hall–Kier alpha value is -3.66. The first-order valence-corrected chi connectivity index (χ1v) is 11.3. The van der Waals surface area contributed by atoms with Gasteiger partial charge in [-0.3, -0.25) is 4.79 Å². The van der Waals surface area contributed by atoms with Gasteiger partial charge in [0.1, 0.15) is 11.3 Å². The summed E-state index contributed by atoms with van der Waals surface area (Å²) < 4.78 is 11.6. The molecule has 168 valence electrons. The number of nitrogens with zero attached hydrogens (tertiary/aromatic N) is 1. The van der Waals surface area contributed by atoms with Crippen molar-refractivity contribution in [1.82, 2.24) is 4.98 Å². The van der Waals surface area contributed by atoms with Crippen LogP contribution in [0.2, 0.25) is 0 Å². The molecule has 0 unspecified atom stereocenters. The molecule has 0 aliphatic rings. The number of rotatable bonds is 7. The third-order valence-corrected chi connectivity index (χ3v) is 5.45. The van der Waals surface area contributed by atoms with Crippen molar-refractivity contribution >= 4 is 28.5 Å². The van der Waals surface area contributed by atoms with Crippen molar-refractivity contribution in [3.05, 3.63) is 95.4 Å². The lowest BCUT2D eigenvalue weighted by Crippen LogP contribution is -2.10. The second-order valence-corrected chi connectivity index (χ2v) is 9.12. The number of allylic oxidation sites excluding steroid dienone is 1. The number of carbonyl (C=O) groups is 1. The molecular formula is C29H29NO3. The number of hydrogen-bond donors (Lipinski definition) is 0. The van der Waals surface area contributed by atoms with Gasteiger partial charge in [-0.05, 0) is 65.4 Å². The van der Waals surface area contributed by atoms with Crippen LogP contribution in [0.25, 0.3) is 22.7 Å². The second kappa shape index (κ2) is 9.45. The number of para-hydroxylation sites is 2. The van der Waals surface area contributed by atoms with Gasteiger partial charge in [0.05, 0.1) is 12.2 Å². The minimum absolute atomic E-state index is 0.0583. The van der Waals surface area contributed by atoms with Crippen LogP contribution in [0.4, 0.5) is 0 Å². The summed E-state index contributed by atoms with van der Waals surface area (Å²) >= 11 is 0. The monoisotopic (exact) mass is 439 g/mol. The summed E-state index contributed by atoms with van der Waals surface area (Å²) in [6, 6.07) is 23.0. The van der Waals surface area contributed by atoms with Crippen LogP contribution in [-0.2, 0) is 5.41 Å². The number of ether oxygens (including phenoxy) is 1. The van der Waals surface area contributed by atoms with E-state index in [9.17, 15) is 4.79 Å². The molecule has 0 radical (unpaired) electrons. The third-order valence-electron chi connectivity index (χ3n) is 5.45. The number of hydrogen-bond acceptors (Lipinski definition) is 4. The summed E-state index contributed by atoms with van der Waals surface area (Å²) in [6.45, 7) is 9.24. The lowest BCUT2D eigenvalue weighted by atomic mass is 9.86. The van der Waals surface area contributed by atoms with Gasteiger partial charge in [0.25, 0.3) is 0 Å². The molecule has 0 saturated heterocycles. The van der Waals surface area contributed by atoms with Gasteiger partial charge in [0.2, 0.25) is 5.89 Å². The van der Waals surface area contributed by atoms with Crippen molar-refractivity contribution < 1.29 is 13.9 Å². The van der Waals surface area contributed by atoms with E-state index in [1.807, 2.05) is 54.6 Å². The zero-order chi connectivity index (χ0) is 23.4. The van der Waals surface area contributed by atoms with E-state index in [0.29, 0.717) is 29.2 Å². The van der Waals surface area contributed by atoms with E-state index in [4.69, 9.17) is 9.15 Å². The van der Waals surface area contributed by atoms with E-state index in [2.05, 4.69) is 44.8 Å². The maximum Gasteiger partial charge on any atom is 0.231 e. The Morgan fingerprint density at radius 1 is 0.970 bits per heavy atom. The second-order valence-electron chi connectivity index (χ2n) is 9.12. The van der Waals surface area contributed by atoms with Crippen LogP contribution in [0.5, 0.6) is 5.75 Å². The molecule has 4 aromatic rings. The molecule has 0 aliphatic carbocycles. The summed E-state index contributed by atoms with van der Waals surface area (Å²) in [5.41, 5.74) is 4.54. The minimum atomic E-state index is -0.150. The van der Waals surface area contributed by atoms with Gasteiger partial charge in [0.15, 0.2) is 11.4 Å². The van der Waals surface area contributed by atoms with Crippen LogP contribution in [-0.4, -0.2) is 17.4 Å². The Bertz CT molecular complexity index is 1240. The Morgan fingerprint density at radius 2 is 1.67 bits per heavy atom. The summed E-state index contributed by atoms with van der Waals surface area (Å²) in [5, 5.41) is 0. The Morgan fingerprint density at radius 3 is 2.30 bits per heavy atom. The minimum Gasteiger partial charge on any atom is -0.494 e. The molecule has 0 bridgehead atoms. The summed E-state index contributed by atoms with van der Waals surface area (Å²) in [4.78, 5) is 18.2. The van der Waals surface area contributed by atoms with Crippen LogP contribution in [0, 0.1) is 0 Å². The zero-order valence-corrected chi connectivity index (χ0v) is 19.6. The molecule has 4 nitrogen and oxygen atoms in total. The van der Waals surface area contributed by atoms with Gasteiger partial charge in [-0.2, -0.15) is 0 Å². The first-order chi connectivity index (χ1) is 15.8. The van der Waals surface area contributed by atoms with Crippen molar-refractivity contribution in [2.75, 3.05) is 6.61 Å². The lowest BCUT2D eigenvalue weighted by Gasteiger charge is -2.18. The summed E-state index contributed by atoms with van der Waals surface area (Å²) in [6.07, 6.45) is 2.78. The highest BCUT2D eigenvalue weighted by Crippen LogP contribution is 2.28. The number of oxazole rings is 1. The molecular weight excluding hydrogens is 410 g/mol. The van der Waals surface area contributed by atoms with E-state index in [1.54, 1.807) is 12.1 Å². The predicted octanol–water partition coefficient (Wildman–Crippen LogP) is 7.34. The van der Waals surface area contributed by atoms with Crippen molar-refractivity contribution in [1.29, 1.82) is 0 Å². The highest BCUT2D eigenvalue weighted by Gasteiger charge is 2.21. The number of aromatic nitrogens is 1. The molecule has 0 spiro atoms. The first kappa shape index (κ1) is 22.5. The Balaban J connectivity index is 1.74. The van der Waals surface area contributed by atoms with Crippen LogP contribution in [0.15, 0.2) is 77.2 Å². The largest absolute Gasteiger partial charge is 0.494 e. The number of benzene rings is 3. The van der Waals surface area contributed by atoms with Crippen LogP contribution in [0.3, 0.4) is 0 Å². The first-order valence-electron chi connectivity index (χ1n) is 11.3. The van der Waals surface area contributed by atoms with E-state index >= 15 is 0 Å². The molecule has 0 fully saturated rings. The molecule has 0 amide bonds. The van der Waals surface area contributed by atoms with Crippen molar-refractivity contribution in [2.24, 2.45) is 0 Å². The van der Waals surface area contributed by atoms with Crippen LogP contribution >= 0.6 is 0 Å². The van der Waals surface area contributed by atoms with Gasteiger partial charge in [0, 0.05) is 5.56 Å². The SMILES string of the molecule is CCCOc1ccc(C(=O)/C(=C\c2ccc(C(C)(C)C)cc2)c2nc3ccccc3o2)cc1. The van der Waals surface area contributed by atoms with Crippen molar-refractivity contribution in [2.45, 2.75) is 39.5 Å². The molecule has 4 heteroatoms. The van der Waals surface area contributed by atoms with E-state index in [0.717, 1.165) is 23.3 Å². The van der Waals surface area contributed by atoms with Gasteiger partial charge in [-0.25, -0.2) is 4.98 Å². The Labute approximate surface area is 194 Å². The number of fused-ring (bicyclic) bond motifs is 1. The molecule has 33 heavy (non-hydrogen) atoms. The smallest absolute Gasteiger partial charge is 0.231 e. The third kappa shape index (κ3) is 5.23. The predicted molar refractivity (Wildman–Crippen MR) is 134 cm³/mol. The average molecular weight is 440 g/mol. The molecule has 0 aliphatic heterocycles. The zero-order valence-electron chi connectivity index (χ0n) is 19.6. The van der Waals surface area contributed by atoms with Gasteiger partial charge < -0.3 is 9.15 Å². The fraction of sp³-hybridized carbons (Fsp3) is 0.241. The topological polar surface area (TPSA) is 52.3 Å². The lowest BCUT2D eigenvalue weighted by molar-refractivity contribution is 0.105. The normalized spacial score (nSPS) is 12.2. The molecule has 3 aromatic carbocycles. The molecule has 0 N–H and O–H groups in total. The highest BCUT2D eigenvalue weighted by molar-refractivity contribution is 6.31. The van der Waals surface area contributed by atoms with Crippen molar-refractivity contribution in [3.8, 4) is 5.75 Å². The highest BCUT2D eigenvalue weighted by atomic mass is 16.5. The number of ketones is 1. The molecule has 1 heterocycles. The van der Waals surface area contributed by atoms with E-state index in [-0.39, 0.29) is 11.2 Å². The number of Topliss-reactive ketones (excluding diaryl/α,β-unsaturated/α-hetero) is 1. The maximum atomic E-state index is 13.6. The standard InChI is InChI=1S/C29H29NO3/c1-5-18-32-23-16-12-21(13-17-23)27(31)24(28-30-25-8-6-7-9-26(25)33-28)19-20-10-14-22(15-11-20)29(2,3)4/h6-17,19H,5,18H2,1-4H3/b24-19+. The van der Waals surface area contributed by atoms with E-state index < -0.39 is 0 Å². The van der Waals surface area contributed by atoms with Gasteiger partial charge >= 0.3 is 0 Å². The van der Waals surface area contributed by atoms with Crippen molar-refractivity contribution in [3.63, 3.8) is 0 Å². The summed E-state index contributed by atoms with van der Waals surface area (Å²) in [7, 11) is 0. The fourth-order valence-corrected chi connectivity index (χ4v) is 3.54. The maximum absolute atomic E-state index is 13.6. The average Bonchev–Trinajstić information content (AvgIpc) is 3.25. The van der Waals surface area contributed by atoms with Gasteiger partial charge in [-0.1, -0.05) is 64.1 Å². The van der Waals surface area contributed by atoms with Crippen LogP contribution in [0.1, 0.15) is 61.5 Å². The Kier molecular flexibility index (Phi) is 6.45. The molecule has 4 rings (SSSR count). The molecule has 0 atom stereocenters. The summed E-state index contributed by atoms with van der Waals surface area (Å²) in [5.74, 6) is 0.912. The quantitative estimate of drug-likeness (QED) is 0.223. The fourth-order valence-electron chi connectivity index (χ4n) is 3.54. The molecule has 0 saturated carbocycles.